The molecule has 2 unspecified atom stereocenters. The van der Waals surface area contributed by atoms with E-state index in [1.807, 2.05) is 0 Å². The lowest BCUT2D eigenvalue weighted by Gasteiger charge is -2.17. The lowest BCUT2D eigenvalue weighted by atomic mass is 9.91. The Morgan fingerprint density at radius 3 is 2.36 bits per heavy atom. The molecule has 0 aromatic rings. The summed E-state index contributed by atoms with van der Waals surface area (Å²) in [6.07, 6.45) is -0.638. The van der Waals surface area contributed by atoms with E-state index < -0.39 is 36.4 Å². The number of halogens is 3. The van der Waals surface area contributed by atoms with Crippen LogP contribution in [0.15, 0.2) is 0 Å². The molecule has 3 nitrogen and oxygen atoms in total. The van der Waals surface area contributed by atoms with Crippen LogP contribution in [-0.2, 0) is 14.3 Å². The second-order valence-corrected chi connectivity index (χ2v) is 2.79. The monoisotopic (exact) mass is 206 g/mol. The average molecular weight is 206 g/mol. The predicted octanol–water partition coefficient (Wildman–Crippen LogP) is 0.888. The summed E-state index contributed by atoms with van der Waals surface area (Å²) < 4.78 is 40.6. The minimum atomic E-state index is -4.69. The molecular weight excluding hydrogens is 201 g/mol. The van der Waals surface area contributed by atoms with Gasteiger partial charge in [0, 0.05) is 0 Å². The van der Waals surface area contributed by atoms with Gasteiger partial charge < -0.3 is 4.74 Å². The van der Waals surface area contributed by atoms with Crippen molar-refractivity contribution in [1.82, 2.24) is 0 Å². The van der Waals surface area contributed by atoms with Crippen LogP contribution in [0, 0.1) is 24.2 Å². The zero-order chi connectivity index (χ0) is 10.9. The van der Waals surface area contributed by atoms with Crippen molar-refractivity contribution in [3.63, 3.8) is 0 Å². The molecule has 2 atom stereocenters. The summed E-state index contributed by atoms with van der Waals surface area (Å²) in [7, 11) is 0. The molecule has 6 heteroatoms. The van der Waals surface area contributed by atoms with Gasteiger partial charge in [0.05, 0.1) is 12.3 Å². The van der Waals surface area contributed by atoms with Crippen molar-refractivity contribution in [2.75, 3.05) is 0 Å². The number of alkyl halides is 3. The molecule has 0 saturated carbocycles. The minimum Gasteiger partial charge on any atom is -0.393 e. The van der Waals surface area contributed by atoms with E-state index >= 15 is 0 Å². The highest BCUT2D eigenvalue weighted by molar-refractivity contribution is 5.95. The van der Waals surface area contributed by atoms with Gasteiger partial charge >= 0.3 is 18.1 Å². The number of esters is 2. The van der Waals surface area contributed by atoms with E-state index in [1.54, 1.807) is 0 Å². The Balaban J connectivity index is 2.88. The second-order valence-electron chi connectivity index (χ2n) is 2.79. The Labute approximate surface area is 77.2 Å². The lowest BCUT2D eigenvalue weighted by Crippen LogP contribution is -2.31. The molecule has 0 bridgehead atoms. The van der Waals surface area contributed by atoms with Crippen LogP contribution in [0.25, 0.3) is 0 Å². The first-order valence-corrected chi connectivity index (χ1v) is 3.63. The van der Waals surface area contributed by atoms with Crippen LogP contribution in [-0.4, -0.2) is 18.1 Å². The third-order valence-corrected chi connectivity index (χ3v) is 1.84. The van der Waals surface area contributed by atoms with E-state index in [4.69, 9.17) is 0 Å². The Kier molecular flexibility index (Phi) is 2.51. The lowest BCUT2D eigenvalue weighted by molar-refractivity contribution is -0.178. The van der Waals surface area contributed by atoms with Gasteiger partial charge in [-0.2, -0.15) is 13.2 Å². The van der Waals surface area contributed by atoms with E-state index in [-0.39, 0.29) is 0 Å². The molecule has 1 rings (SSSR count). The molecule has 0 aromatic heterocycles. The normalized spacial score (nSPS) is 24.3. The van der Waals surface area contributed by atoms with Crippen LogP contribution >= 0.6 is 0 Å². The van der Waals surface area contributed by atoms with Crippen molar-refractivity contribution in [3.05, 3.63) is 0 Å². The van der Waals surface area contributed by atoms with Crippen molar-refractivity contribution >= 4 is 11.9 Å². The highest BCUT2D eigenvalue weighted by Gasteiger charge is 2.51. The van der Waals surface area contributed by atoms with E-state index in [0.29, 0.717) is 0 Å². The Morgan fingerprint density at radius 1 is 1.50 bits per heavy atom. The van der Waals surface area contributed by atoms with Crippen LogP contribution in [0.4, 0.5) is 13.2 Å². The molecular formula is C8H5F3O3. The molecule has 0 amide bonds. The van der Waals surface area contributed by atoms with Crippen LogP contribution in [0.1, 0.15) is 6.42 Å². The summed E-state index contributed by atoms with van der Waals surface area (Å²) in [6, 6.07) is 0. The third kappa shape index (κ3) is 1.87. The topological polar surface area (TPSA) is 43.4 Å². The first kappa shape index (κ1) is 10.6. The number of rotatable bonds is 1. The zero-order valence-corrected chi connectivity index (χ0v) is 6.80. The summed E-state index contributed by atoms with van der Waals surface area (Å²) in [5.41, 5.74) is 0. The Bertz CT molecular complexity index is 313. The summed E-state index contributed by atoms with van der Waals surface area (Å²) in [5, 5.41) is 0. The van der Waals surface area contributed by atoms with Crippen molar-refractivity contribution < 1.29 is 27.5 Å². The van der Waals surface area contributed by atoms with Crippen LogP contribution in [0.5, 0.6) is 0 Å². The van der Waals surface area contributed by atoms with E-state index in [0.717, 1.165) is 0 Å². The van der Waals surface area contributed by atoms with Gasteiger partial charge in [-0.3, -0.25) is 9.59 Å². The molecule has 1 fully saturated rings. The van der Waals surface area contributed by atoms with Crippen LogP contribution in [0.2, 0.25) is 0 Å². The summed E-state index contributed by atoms with van der Waals surface area (Å²) >= 11 is 0. The van der Waals surface area contributed by atoms with Gasteiger partial charge in [-0.1, -0.05) is 5.92 Å². The number of ether oxygens (including phenoxy) is 1. The molecule has 14 heavy (non-hydrogen) atoms. The average Bonchev–Trinajstić information content (AvgIpc) is 2.29. The molecule has 1 aliphatic rings. The largest absolute Gasteiger partial charge is 0.403 e. The molecule has 0 N–H and O–H groups in total. The van der Waals surface area contributed by atoms with Gasteiger partial charge in [0.2, 0.25) is 0 Å². The van der Waals surface area contributed by atoms with Gasteiger partial charge in [0.1, 0.15) is 5.92 Å². The highest BCUT2D eigenvalue weighted by atomic mass is 19.4. The fourth-order valence-electron chi connectivity index (χ4n) is 1.19. The molecule has 0 aliphatic carbocycles. The van der Waals surface area contributed by atoms with Crippen LogP contribution in [0.3, 0.4) is 0 Å². The number of hydrogen-bond donors (Lipinski definition) is 0. The van der Waals surface area contributed by atoms with Gasteiger partial charge in [0.25, 0.3) is 0 Å². The molecule has 0 spiro atoms. The second kappa shape index (κ2) is 3.33. The molecule has 0 aromatic carbocycles. The standard InChI is InChI=1S/C8H5F3O3/c1-2-5(8(9,10)11)4-3-6(12)14-7(4)13/h1,4-5H,3H2. The van der Waals surface area contributed by atoms with Crippen molar-refractivity contribution in [1.29, 1.82) is 0 Å². The van der Waals surface area contributed by atoms with Gasteiger partial charge in [-0.25, -0.2) is 0 Å². The Morgan fingerprint density at radius 2 is 2.07 bits per heavy atom. The van der Waals surface area contributed by atoms with Crippen LogP contribution < -0.4 is 0 Å². The maximum absolute atomic E-state index is 12.2. The number of hydrogen-bond acceptors (Lipinski definition) is 3. The number of carbonyl (C=O) groups excluding carboxylic acids is 2. The smallest absolute Gasteiger partial charge is 0.393 e. The fourth-order valence-corrected chi connectivity index (χ4v) is 1.19. The highest BCUT2D eigenvalue weighted by Crippen LogP contribution is 2.36. The molecule has 1 aliphatic heterocycles. The molecule has 0 radical (unpaired) electrons. The molecule has 1 saturated heterocycles. The summed E-state index contributed by atoms with van der Waals surface area (Å²) in [4.78, 5) is 21.3. The minimum absolute atomic E-state index is 0.604. The van der Waals surface area contributed by atoms with Gasteiger partial charge in [-0.05, 0) is 0 Å². The predicted molar refractivity (Wildman–Crippen MR) is 37.6 cm³/mol. The van der Waals surface area contributed by atoms with E-state index in [1.165, 1.54) is 5.92 Å². The van der Waals surface area contributed by atoms with Crippen molar-refractivity contribution in [3.8, 4) is 12.3 Å². The van der Waals surface area contributed by atoms with Gasteiger partial charge in [0.15, 0.2) is 0 Å². The first-order chi connectivity index (χ1) is 6.36. The number of cyclic esters (lactones) is 2. The van der Waals surface area contributed by atoms with Crippen molar-refractivity contribution in [2.24, 2.45) is 11.8 Å². The maximum atomic E-state index is 12.2. The quantitative estimate of drug-likeness (QED) is 0.363. The van der Waals surface area contributed by atoms with E-state index in [9.17, 15) is 22.8 Å². The summed E-state index contributed by atoms with van der Waals surface area (Å²) in [5.74, 6) is -4.55. The first-order valence-electron chi connectivity index (χ1n) is 3.63. The maximum Gasteiger partial charge on any atom is 0.403 e. The summed E-state index contributed by atoms with van der Waals surface area (Å²) in [6.45, 7) is 0. The third-order valence-electron chi connectivity index (χ3n) is 1.84. The fraction of sp³-hybridized carbons (Fsp3) is 0.500. The number of carbonyl (C=O) groups is 2. The van der Waals surface area contributed by atoms with Gasteiger partial charge in [-0.15, -0.1) is 6.42 Å². The SMILES string of the molecule is C#CC(C1CC(=O)OC1=O)C(F)(F)F. The van der Waals surface area contributed by atoms with E-state index in [2.05, 4.69) is 11.2 Å². The molecule has 1 heterocycles. The Hall–Kier alpha value is -1.51. The molecule has 76 valence electrons. The zero-order valence-electron chi connectivity index (χ0n) is 6.80. The van der Waals surface area contributed by atoms with Crippen molar-refractivity contribution in [2.45, 2.75) is 12.6 Å². The number of terminal acetylenes is 1.